The molecule has 0 heterocycles. The minimum Gasteiger partial charge on any atom is -0.395 e. The highest BCUT2D eigenvalue weighted by molar-refractivity contribution is 5.85. The van der Waals surface area contributed by atoms with Gasteiger partial charge in [0.05, 0.1) is 12.0 Å². The summed E-state index contributed by atoms with van der Waals surface area (Å²) in [6.07, 6.45) is 2.74. The fourth-order valence-electron chi connectivity index (χ4n) is 1.55. The van der Waals surface area contributed by atoms with E-state index in [-0.39, 0.29) is 12.5 Å². The lowest BCUT2D eigenvalue weighted by Crippen LogP contribution is -2.36. The average molecular weight is 199 g/mol. The van der Waals surface area contributed by atoms with Crippen LogP contribution in [0, 0.1) is 11.3 Å². The molecular weight excluding hydrogens is 178 g/mol. The van der Waals surface area contributed by atoms with Gasteiger partial charge in [-0.3, -0.25) is 4.79 Å². The minimum absolute atomic E-state index is 0.0118. The molecule has 0 aromatic carbocycles. The van der Waals surface area contributed by atoms with Gasteiger partial charge in [0.1, 0.15) is 0 Å². The lowest BCUT2D eigenvalue weighted by atomic mass is 10.1. The van der Waals surface area contributed by atoms with Gasteiger partial charge in [0.15, 0.2) is 0 Å². The highest BCUT2D eigenvalue weighted by atomic mass is 16.3. The number of hydrogen-bond acceptors (Lipinski definition) is 2. The summed E-state index contributed by atoms with van der Waals surface area (Å²) in [5, 5.41) is 9.11. The molecule has 3 nitrogen and oxygen atoms in total. The highest BCUT2D eigenvalue weighted by Crippen LogP contribution is 2.46. The number of carbonyl (C=O) groups excluding carboxylic acids is 1. The summed E-state index contributed by atoms with van der Waals surface area (Å²) in [5.41, 5.74) is -0.397. The summed E-state index contributed by atoms with van der Waals surface area (Å²) in [7, 11) is 1.83. The Morgan fingerprint density at radius 2 is 2.07 bits per heavy atom. The van der Waals surface area contributed by atoms with Crippen molar-refractivity contribution in [2.45, 2.75) is 33.1 Å². The van der Waals surface area contributed by atoms with Crippen LogP contribution in [0.25, 0.3) is 0 Å². The van der Waals surface area contributed by atoms with Gasteiger partial charge in [-0.1, -0.05) is 13.8 Å². The molecule has 0 bridgehead atoms. The maximum absolute atomic E-state index is 11.8. The van der Waals surface area contributed by atoms with E-state index in [0.29, 0.717) is 5.92 Å². The zero-order valence-corrected chi connectivity index (χ0v) is 9.42. The number of aliphatic hydroxyl groups is 1. The first-order chi connectivity index (χ1) is 6.52. The van der Waals surface area contributed by atoms with Crippen molar-refractivity contribution in [3.63, 3.8) is 0 Å². The average Bonchev–Trinajstić information content (AvgIpc) is 2.93. The molecule has 0 aromatic rings. The predicted octanol–water partition coefficient (Wildman–Crippen LogP) is 1.26. The fourth-order valence-corrected chi connectivity index (χ4v) is 1.55. The number of nitrogens with zero attached hydrogens (tertiary/aromatic N) is 1. The van der Waals surface area contributed by atoms with Crippen LogP contribution in [0.2, 0.25) is 0 Å². The van der Waals surface area contributed by atoms with E-state index >= 15 is 0 Å². The molecule has 0 saturated heterocycles. The van der Waals surface area contributed by atoms with Crippen LogP contribution >= 0.6 is 0 Å². The summed E-state index contributed by atoms with van der Waals surface area (Å²) in [4.78, 5) is 13.6. The number of amides is 1. The number of aliphatic hydroxyl groups excluding tert-OH is 1. The molecule has 0 atom stereocenters. The van der Waals surface area contributed by atoms with Crippen molar-refractivity contribution in [2.75, 3.05) is 20.2 Å². The molecule has 1 fully saturated rings. The Morgan fingerprint density at radius 1 is 1.50 bits per heavy atom. The van der Waals surface area contributed by atoms with Gasteiger partial charge in [0.25, 0.3) is 0 Å². The van der Waals surface area contributed by atoms with Crippen LogP contribution in [-0.2, 0) is 4.79 Å². The molecule has 0 spiro atoms. The number of hydrogen-bond donors (Lipinski definition) is 1. The Bertz CT molecular complexity index is 209. The quantitative estimate of drug-likeness (QED) is 0.724. The Morgan fingerprint density at radius 3 is 2.43 bits per heavy atom. The maximum atomic E-state index is 11.8. The summed E-state index contributed by atoms with van der Waals surface area (Å²) < 4.78 is 0. The van der Waals surface area contributed by atoms with Gasteiger partial charge in [0.2, 0.25) is 5.91 Å². The van der Waals surface area contributed by atoms with Crippen molar-refractivity contribution in [1.29, 1.82) is 0 Å². The monoisotopic (exact) mass is 199 g/mol. The normalized spacial score (nSPS) is 18.4. The van der Waals surface area contributed by atoms with Crippen LogP contribution in [0.15, 0.2) is 0 Å². The molecule has 82 valence electrons. The standard InChI is InChI=1S/C11H21NO2/c1-9(2)4-7-12(3)10(14)11(8-13)5-6-11/h9,13H,4-8H2,1-3H3. The third-order valence-electron chi connectivity index (χ3n) is 3.00. The van der Waals surface area contributed by atoms with Gasteiger partial charge >= 0.3 is 0 Å². The summed E-state index contributed by atoms with van der Waals surface area (Å²) >= 11 is 0. The molecule has 0 unspecified atom stereocenters. The molecule has 1 rings (SSSR count). The lowest BCUT2D eigenvalue weighted by molar-refractivity contribution is -0.137. The molecule has 0 aromatic heterocycles. The van der Waals surface area contributed by atoms with Crippen LogP contribution in [0.1, 0.15) is 33.1 Å². The highest BCUT2D eigenvalue weighted by Gasteiger charge is 2.50. The number of carbonyl (C=O) groups is 1. The Hall–Kier alpha value is -0.570. The van der Waals surface area contributed by atoms with E-state index in [2.05, 4.69) is 13.8 Å². The first-order valence-electron chi connectivity index (χ1n) is 5.38. The second-order valence-corrected chi connectivity index (χ2v) is 4.85. The van der Waals surface area contributed by atoms with Crippen molar-refractivity contribution < 1.29 is 9.90 Å². The second kappa shape index (κ2) is 4.30. The molecule has 1 N–H and O–H groups in total. The predicted molar refractivity (Wildman–Crippen MR) is 55.8 cm³/mol. The van der Waals surface area contributed by atoms with Gasteiger partial charge in [0, 0.05) is 13.6 Å². The van der Waals surface area contributed by atoms with Crippen molar-refractivity contribution in [3.05, 3.63) is 0 Å². The molecular formula is C11H21NO2. The molecule has 14 heavy (non-hydrogen) atoms. The third kappa shape index (κ3) is 2.47. The largest absolute Gasteiger partial charge is 0.395 e. The molecule has 1 saturated carbocycles. The molecule has 1 amide bonds. The SMILES string of the molecule is CC(C)CCN(C)C(=O)C1(CO)CC1. The van der Waals surface area contributed by atoms with E-state index in [9.17, 15) is 4.79 Å². The van der Waals surface area contributed by atoms with Crippen LogP contribution < -0.4 is 0 Å². The van der Waals surface area contributed by atoms with Crippen LogP contribution in [0.5, 0.6) is 0 Å². The first kappa shape index (κ1) is 11.5. The Kier molecular flexibility index (Phi) is 3.53. The van der Waals surface area contributed by atoms with Crippen LogP contribution in [-0.4, -0.2) is 36.1 Å². The molecule has 3 heteroatoms. The van der Waals surface area contributed by atoms with Crippen molar-refractivity contribution in [3.8, 4) is 0 Å². The van der Waals surface area contributed by atoms with Gasteiger partial charge in [-0.25, -0.2) is 0 Å². The molecule has 1 aliphatic rings. The fraction of sp³-hybridized carbons (Fsp3) is 0.909. The second-order valence-electron chi connectivity index (χ2n) is 4.85. The Labute approximate surface area is 86.1 Å². The van der Waals surface area contributed by atoms with Crippen molar-refractivity contribution in [1.82, 2.24) is 4.90 Å². The van der Waals surface area contributed by atoms with Crippen LogP contribution in [0.3, 0.4) is 0 Å². The smallest absolute Gasteiger partial charge is 0.230 e. The maximum Gasteiger partial charge on any atom is 0.230 e. The molecule has 0 aliphatic heterocycles. The van der Waals surface area contributed by atoms with E-state index in [0.717, 1.165) is 25.8 Å². The van der Waals surface area contributed by atoms with E-state index in [1.54, 1.807) is 4.90 Å². The zero-order valence-electron chi connectivity index (χ0n) is 9.42. The van der Waals surface area contributed by atoms with E-state index in [4.69, 9.17) is 5.11 Å². The lowest BCUT2D eigenvalue weighted by Gasteiger charge is -2.22. The van der Waals surface area contributed by atoms with Gasteiger partial charge < -0.3 is 10.0 Å². The third-order valence-corrected chi connectivity index (χ3v) is 3.00. The molecule has 0 radical (unpaired) electrons. The van der Waals surface area contributed by atoms with Crippen LogP contribution in [0.4, 0.5) is 0 Å². The van der Waals surface area contributed by atoms with E-state index in [1.807, 2.05) is 7.05 Å². The molecule has 1 aliphatic carbocycles. The topological polar surface area (TPSA) is 40.5 Å². The summed E-state index contributed by atoms with van der Waals surface area (Å²) in [6.45, 7) is 5.12. The first-order valence-corrected chi connectivity index (χ1v) is 5.38. The van der Waals surface area contributed by atoms with Gasteiger partial charge in [-0.2, -0.15) is 0 Å². The van der Waals surface area contributed by atoms with Gasteiger partial charge in [-0.05, 0) is 25.2 Å². The number of rotatable bonds is 5. The van der Waals surface area contributed by atoms with E-state index in [1.165, 1.54) is 0 Å². The van der Waals surface area contributed by atoms with Gasteiger partial charge in [-0.15, -0.1) is 0 Å². The van der Waals surface area contributed by atoms with Crippen molar-refractivity contribution in [2.24, 2.45) is 11.3 Å². The Balaban J connectivity index is 2.37. The van der Waals surface area contributed by atoms with Crippen molar-refractivity contribution >= 4 is 5.91 Å². The summed E-state index contributed by atoms with van der Waals surface area (Å²) in [5.74, 6) is 0.746. The zero-order chi connectivity index (χ0) is 10.8. The van der Waals surface area contributed by atoms with E-state index < -0.39 is 5.41 Å². The summed E-state index contributed by atoms with van der Waals surface area (Å²) in [6, 6.07) is 0. The minimum atomic E-state index is -0.397.